The molecule has 21 heavy (non-hydrogen) atoms. The van der Waals surface area contributed by atoms with Crippen molar-refractivity contribution < 1.29 is 13.5 Å². The Bertz CT molecular complexity index is 720. The molecule has 0 fully saturated rings. The maximum atomic E-state index is 11.4. The van der Waals surface area contributed by atoms with Gasteiger partial charge < -0.3 is 5.11 Å². The summed E-state index contributed by atoms with van der Waals surface area (Å²) in [6.07, 6.45) is 0.592. The number of sulfone groups is 1. The van der Waals surface area contributed by atoms with E-state index in [-0.39, 0.29) is 11.3 Å². The Labute approximate surface area is 134 Å². The lowest BCUT2D eigenvalue weighted by Gasteiger charge is -2.14. The van der Waals surface area contributed by atoms with Crippen LogP contribution in [-0.2, 0) is 16.3 Å². The molecule has 2 aromatic carbocycles. The summed E-state index contributed by atoms with van der Waals surface area (Å²) in [7, 11) is -3.24. The summed E-state index contributed by atoms with van der Waals surface area (Å²) < 4.78 is 22.8. The van der Waals surface area contributed by atoms with Gasteiger partial charge >= 0.3 is 0 Å². The zero-order valence-electron chi connectivity index (χ0n) is 11.3. The highest BCUT2D eigenvalue weighted by molar-refractivity contribution is 7.90. The molecule has 2 rings (SSSR count). The molecule has 6 heteroatoms. The Morgan fingerprint density at radius 2 is 1.57 bits per heavy atom. The summed E-state index contributed by atoms with van der Waals surface area (Å²) in [5.74, 6) is 0. The maximum Gasteiger partial charge on any atom is 0.175 e. The Morgan fingerprint density at radius 1 is 1.05 bits per heavy atom. The van der Waals surface area contributed by atoms with Gasteiger partial charge in [-0.2, -0.15) is 0 Å². The van der Waals surface area contributed by atoms with Crippen molar-refractivity contribution >= 4 is 33.0 Å². The first-order valence-electron chi connectivity index (χ1n) is 6.20. The van der Waals surface area contributed by atoms with Gasteiger partial charge in [-0.1, -0.05) is 41.4 Å². The van der Waals surface area contributed by atoms with Crippen molar-refractivity contribution in [2.45, 2.75) is 17.4 Å². The molecule has 0 saturated carbocycles. The lowest BCUT2D eigenvalue weighted by Crippen LogP contribution is -2.04. The van der Waals surface area contributed by atoms with Crippen molar-refractivity contribution in [1.82, 2.24) is 0 Å². The first-order valence-corrected chi connectivity index (χ1v) is 8.85. The molecule has 0 aliphatic rings. The molecular formula is C15H14Cl2O3S. The average Bonchev–Trinajstić information content (AvgIpc) is 2.42. The SMILES string of the molecule is CS(=O)(=O)c1ccc(C(O)Cc2c(Cl)cccc2Cl)cc1. The maximum absolute atomic E-state index is 11.4. The van der Waals surface area contributed by atoms with Crippen LogP contribution >= 0.6 is 23.2 Å². The number of hydrogen-bond acceptors (Lipinski definition) is 3. The van der Waals surface area contributed by atoms with Crippen LogP contribution in [0, 0.1) is 0 Å². The summed E-state index contributed by atoms with van der Waals surface area (Å²) in [5, 5.41) is 11.2. The second-order valence-corrected chi connectivity index (χ2v) is 7.59. The van der Waals surface area contributed by atoms with Crippen LogP contribution in [0.25, 0.3) is 0 Å². The second-order valence-electron chi connectivity index (χ2n) is 4.76. The molecular weight excluding hydrogens is 331 g/mol. The van der Waals surface area contributed by atoms with Gasteiger partial charge in [0.2, 0.25) is 0 Å². The normalized spacial score (nSPS) is 13.1. The fraction of sp³-hybridized carbons (Fsp3) is 0.200. The molecule has 0 heterocycles. The van der Waals surface area contributed by atoms with Gasteiger partial charge in [0.25, 0.3) is 0 Å². The molecule has 0 aromatic heterocycles. The number of aliphatic hydroxyl groups is 1. The third-order valence-corrected chi connectivity index (χ3v) is 4.99. The first-order chi connectivity index (χ1) is 9.79. The second kappa shape index (κ2) is 6.36. The minimum atomic E-state index is -3.24. The van der Waals surface area contributed by atoms with E-state index in [4.69, 9.17) is 23.2 Å². The molecule has 0 bridgehead atoms. The summed E-state index contributed by atoms with van der Waals surface area (Å²) in [6.45, 7) is 0. The van der Waals surface area contributed by atoms with Crippen LogP contribution in [0.15, 0.2) is 47.4 Å². The zero-order chi connectivity index (χ0) is 15.6. The Balaban J connectivity index is 2.23. The highest BCUT2D eigenvalue weighted by Gasteiger charge is 2.14. The Kier molecular flexibility index (Phi) is 4.94. The molecule has 0 spiro atoms. The molecule has 0 aliphatic carbocycles. The third-order valence-electron chi connectivity index (χ3n) is 3.15. The van der Waals surface area contributed by atoms with Gasteiger partial charge in [-0.15, -0.1) is 0 Å². The molecule has 0 amide bonds. The standard InChI is InChI=1S/C15H14Cl2O3S/c1-21(19,20)11-7-5-10(6-8-11)15(18)9-12-13(16)3-2-4-14(12)17/h2-8,15,18H,9H2,1H3. The molecule has 3 nitrogen and oxygen atoms in total. The van der Waals surface area contributed by atoms with Crippen LogP contribution in [0.1, 0.15) is 17.2 Å². The van der Waals surface area contributed by atoms with Crippen molar-refractivity contribution in [2.75, 3.05) is 6.26 Å². The lowest BCUT2D eigenvalue weighted by molar-refractivity contribution is 0.178. The fourth-order valence-electron chi connectivity index (χ4n) is 1.98. The summed E-state index contributed by atoms with van der Waals surface area (Å²) in [6, 6.07) is 11.3. The van der Waals surface area contributed by atoms with Gasteiger partial charge in [0.1, 0.15) is 0 Å². The van der Waals surface area contributed by atoms with E-state index >= 15 is 0 Å². The predicted octanol–water partition coefficient (Wildman–Crippen LogP) is 3.67. The topological polar surface area (TPSA) is 54.4 Å². The first kappa shape index (κ1) is 16.3. The Hall–Kier alpha value is -1.07. The smallest absolute Gasteiger partial charge is 0.175 e. The van der Waals surface area contributed by atoms with E-state index in [1.165, 1.54) is 12.1 Å². The Morgan fingerprint density at radius 3 is 2.05 bits per heavy atom. The lowest BCUT2D eigenvalue weighted by atomic mass is 10.0. The predicted molar refractivity (Wildman–Crippen MR) is 84.7 cm³/mol. The molecule has 1 N–H and O–H groups in total. The summed E-state index contributed by atoms with van der Waals surface area (Å²) in [4.78, 5) is 0.217. The van der Waals surface area contributed by atoms with E-state index < -0.39 is 15.9 Å². The molecule has 0 radical (unpaired) electrons. The van der Waals surface area contributed by atoms with Crippen molar-refractivity contribution in [2.24, 2.45) is 0 Å². The van der Waals surface area contributed by atoms with E-state index in [9.17, 15) is 13.5 Å². The van der Waals surface area contributed by atoms with Gasteiger partial charge in [0.05, 0.1) is 11.0 Å². The van der Waals surface area contributed by atoms with Gasteiger partial charge in [-0.3, -0.25) is 0 Å². The minimum Gasteiger partial charge on any atom is -0.388 e. The average molecular weight is 345 g/mol. The van der Waals surface area contributed by atoms with Crippen LogP contribution in [0.4, 0.5) is 0 Å². The van der Waals surface area contributed by atoms with Crippen molar-refractivity contribution in [3.8, 4) is 0 Å². The van der Waals surface area contributed by atoms with E-state index in [1.54, 1.807) is 30.3 Å². The molecule has 1 atom stereocenters. The zero-order valence-corrected chi connectivity index (χ0v) is 13.6. The molecule has 0 aliphatic heterocycles. The van der Waals surface area contributed by atoms with E-state index in [1.807, 2.05) is 0 Å². The molecule has 2 aromatic rings. The monoisotopic (exact) mass is 344 g/mol. The number of halogens is 2. The summed E-state index contributed by atoms with van der Waals surface area (Å²) >= 11 is 12.1. The van der Waals surface area contributed by atoms with Crippen LogP contribution < -0.4 is 0 Å². The largest absolute Gasteiger partial charge is 0.388 e. The highest BCUT2D eigenvalue weighted by Crippen LogP contribution is 2.29. The van der Waals surface area contributed by atoms with Crippen LogP contribution in [0.2, 0.25) is 10.0 Å². The van der Waals surface area contributed by atoms with Crippen molar-refractivity contribution in [3.63, 3.8) is 0 Å². The quantitative estimate of drug-likeness (QED) is 0.920. The van der Waals surface area contributed by atoms with Gasteiger partial charge in [0.15, 0.2) is 9.84 Å². The number of rotatable bonds is 4. The van der Waals surface area contributed by atoms with E-state index in [0.29, 0.717) is 21.2 Å². The number of benzene rings is 2. The molecule has 112 valence electrons. The van der Waals surface area contributed by atoms with Crippen LogP contribution in [0.5, 0.6) is 0 Å². The van der Waals surface area contributed by atoms with Gasteiger partial charge in [-0.05, 0) is 35.4 Å². The van der Waals surface area contributed by atoms with Crippen molar-refractivity contribution in [1.29, 1.82) is 0 Å². The van der Waals surface area contributed by atoms with Crippen LogP contribution in [0.3, 0.4) is 0 Å². The van der Waals surface area contributed by atoms with Gasteiger partial charge in [0, 0.05) is 22.7 Å². The fourth-order valence-corrected chi connectivity index (χ4v) is 3.16. The number of aliphatic hydroxyl groups excluding tert-OH is 1. The highest BCUT2D eigenvalue weighted by atomic mass is 35.5. The molecule has 0 saturated heterocycles. The van der Waals surface area contributed by atoms with Gasteiger partial charge in [-0.25, -0.2) is 8.42 Å². The van der Waals surface area contributed by atoms with E-state index in [2.05, 4.69) is 0 Å². The van der Waals surface area contributed by atoms with Crippen molar-refractivity contribution in [3.05, 3.63) is 63.6 Å². The minimum absolute atomic E-state index is 0.217. The molecule has 1 unspecified atom stereocenters. The number of hydrogen-bond donors (Lipinski definition) is 1. The summed E-state index contributed by atoms with van der Waals surface area (Å²) in [5.41, 5.74) is 1.28. The van der Waals surface area contributed by atoms with Crippen LogP contribution in [-0.4, -0.2) is 19.8 Å². The third kappa shape index (κ3) is 3.98. The van der Waals surface area contributed by atoms with E-state index in [0.717, 1.165) is 6.26 Å².